The van der Waals surface area contributed by atoms with Crippen molar-refractivity contribution in [2.45, 2.75) is 28.4 Å². The molecular formula is C19H21ClN2O3S2. The molecule has 5 nitrogen and oxygen atoms in total. The molecule has 1 unspecified atom stereocenters. The Hall–Kier alpha value is -1.54. The number of carbonyl (C=O) groups excluding carboxylic acids is 1. The zero-order valence-corrected chi connectivity index (χ0v) is 17.5. The maximum Gasteiger partial charge on any atom is 0.243 e. The molecule has 0 N–H and O–H groups in total. The monoisotopic (exact) mass is 424 g/mol. The summed E-state index contributed by atoms with van der Waals surface area (Å²) in [6.07, 6.45) is 0.846. The Morgan fingerprint density at radius 1 is 1.22 bits per heavy atom. The number of carbonyl (C=O) groups is 1. The maximum absolute atomic E-state index is 13.0. The third-order valence-electron chi connectivity index (χ3n) is 4.42. The summed E-state index contributed by atoms with van der Waals surface area (Å²) in [5, 5.41) is 0.847. The molecule has 0 spiro atoms. The van der Waals surface area contributed by atoms with Crippen molar-refractivity contribution in [1.82, 2.24) is 4.31 Å². The SMILES string of the molecule is CC1CCN(C(=O)CN(C)S(=O)(=O)c2ccc(Cl)cc2)c2ccccc2S1. The number of fused-ring (bicyclic) bond motifs is 1. The van der Waals surface area contributed by atoms with E-state index in [0.29, 0.717) is 16.8 Å². The van der Waals surface area contributed by atoms with Crippen molar-refractivity contribution >= 4 is 45.0 Å². The molecule has 0 radical (unpaired) electrons. The number of anilines is 1. The fourth-order valence-corrected chi connectivity index (χ4v) is 5.25. The van der Waals surface area contributed by atoms with Crippen LogP contribution < -0.4 is 4.90 Å². The third kappa shape index (κ3) is 4.48. The summed E-state index contributed by atoms with van der Waals surface area (Å²) in [5.74, 6) is -0.239. The lowest BCUT2D eigenvalue weighted by atomic mass is 10.2. The van der Waals surface area contributed by atoms with E-state index >= 15 is 0 Å². The van der Waals surface area contributed by atoms with Crippen LogP contribution in [-0.4, -0.2) is 44.0 Å². The van der Waals surface area contributed by atoms with Crippen molar-refractivity contribution in [2.75, 3.05) is 25.0 Å². The molecule has 0 fully saturated rings. The first kappa shape index (κ1) is 20.2. The zero-order chi connectivity index (χ0) is 19.6. The van der Waals surface area contributed by atoms with E-state index in [9.17, 15) is 13.2 Å². The molecule has 0 bridgehead atoms. The maximum atomic E-state index is 13.0. The molecule has 8 heteroatoms. The van der Waals surface area contributed by atoms with Gasteiger partial charge in [-0.25, -0.2) is 8.42 Å². The van der Waals surface area contributed by atoms with Crippen LogP contribution in [0.2, 0.25) is 5.02 Å². The van der Waals surface area contributed by atoms with Crippen LogP contribution in [0.15, 0.2) is 58.3 Å². The number of hydrogen-bond donors (Lipinski definition) is 0. The summed E-state index contributed by atoms with van der Waals surface area (Å²) in [6, 6.07) is 13.7. The largest absolute Gasteiger partial charge is 0.310 e. The van der Waals surface area contributed by atoms with E-state index < -0.39 is 10.0 Å². The quantitative estimate of drug-likeness (QED) is 0.747. The normalized spacial score (nSPS) is 17.5. The third-order valence-corrected chi connectivity index (χ3v) is 7.73. The molecule has 1 aliphatic heterocycles. The van der Waals surface area contributed by atoms with Crippen LogP contribution >= 0.6 is 23.4 Å². The number of nitrogens with zero attached hydrogens (tertiary/aromatic N) is 2. The number of rotatable bonds is 4. The standard InChI is InChI=1S/C19H21ClN2O3S2/c1-14-11-12-22(17-5-3-4-6-18(17)26-14)19(23)13-21(2)27(24,25)16-9-7-15(20)8-10-16/h3-10,14H,11-13H2,1-2H3. The average Bonchev–Trinajstić information content (AvgIpc) is 2.80. The molecule has 1 heterocycles. The molecule has 0 aromatic heterocycles. The minimum Gasteiger partial charge on any atom is -0.310 e. The molecule has 144 valence electrons. The Morgan fingerprint density at radius 3 is 2.59 bits per heavy atom. The van der Waals surface area contributed by atoms with E-state index in [1.54, 1.807) is 16.7 Å². The lowest BCUT2D eigenvalue weighted by Crippen LogP contribution is -2.41. The summed E-state index contributed by atoms with van der Waals surface area (Å²) < 4.78 is 26.6. The topological polar surface area (TPSA) is 57.7 Å². The van der Waals surface area contributed by atoms with Gasteiger partial charge in [-0.3, -0.25) is 4.79 Å². The molecule has 0 saturated carbocycles. The van der Waals surface area contributed by atoms with E-state index in [0.717, 1.165) is 21.3 Å². The van der Waals surface area contributed by atoms with Crippen molar-refractivity contribution in [3.8, 4) is 0 Å². The predicted molar refractivity (Wildman–Crippen MR) is 110 cm³/mol. The molecule has 2 aromatic rings. The van der Waals surface area contributed by atoms with Gasteiger partial charge >= 0.3 is 0 Å². The average molecular weight is 425 g/mol. The van der Waals surface area contributed by atoms with Crippen molar-refractivity contribution in [3.63, 3.8) is 0 Å². The number of halogens is 1. The van der Waals surface area contributed by atoms with Gasteiger partial charge in [0.15, 0.2) is 0 Å². The Labute approximate surface area is 169 Å². The molecule has 0 saturated heterocycles. The van der Waals surface area contributed by atoms with Crippen LogP contribution in [0.1, 0.15) is 13.3 Å². The van der Waals surface area contributed by atoms with Gasteiger partial charge < -0.3 is 4.90 Å². The van der Waals surface area contributed by atoms with Gasteiger partial charge in [-0.05, 0) is 42.8 Å². The van der Waals surface area contributed by atoms with Gasteiger partial charge in [0.25, 0.3) is 0 Å². The number of para-hydroxylation sites is 1. The van der Waals surface area contributed by atoms with Crippen molar-refractivity contribution < 1.29 is 13.2 Å². The highest BCUT2D eigenvalue weighted by molar-refractivity contribution is 8.00. The van der Waals surface area contributed by atoms with Crippen LogP contribution in [0.25, 0.3) is 0 Å². The summed E-state index contributed by atoms with van der Waals surface area (Å²) >= 11 is 7.57. The van der Waals surface area contributed by atoms with Crippen molar-refractivity contribution in [3.05, 3.63) is 53.6 Å². The van der Waals surface area contributed by atoms with E-state index in [-0.39, 0.29) is 17.3 Å². The molecule has 27 heavy (non-hydrogen) atoms. The number of benzene rings is 2. The summed E-state index contributed by atoms with van der Waals surface area (Å²) in [7, 11) is -2.35. The Morgan fingerprint density at radius 2 is 1.89 bits per heavy atom. The van der Waals surface area contributed by atoms with Gasteiger partial charge in [-0.15, -0.1) is 11.8 Å². The molecular weight excluding hydrogens is 404 g/mol. The molecule has 1 atom stereocenters. The minimum atomic E-state index is -3.76. The number of hydrogen-bond acceptors (Lipinski definition) is 4. The first-order valence-corrected chi connectivity index (χ1v) is 11.3. The summed E-state index contributed by atoms with van der Waals surface area (Å²) in [5.41, 5.74) is 0.842. The highest BCUT2D eigenvalue weighted by Crippen LogP contribution is 2.37. The number of sulfonamides is 1. The Kier molecular flexibility index (Phi) is 6.15. The second kappa shape index (κ2) is 8.22. The second-order valence-corrected chi connectivity index (χ2v) is 10.4. The number of likely N-dealkylation sites (N-methyl/N-ethyl adjacent to an activating group) is 1. The van der Waals surface area contributed by atoms with Gasteiger partial charge in [0.1, 0.15) is 0 Å². The predicted octanol–water partition coefficient (Wildman–Crippen LogP) is 3.88. The van der Waals surface area contributed by atoms with Gasteiger partial charge in [0.2, 0.25) is 15.9 Å². The zero-order valence-electron chi connectivity index (χ0n) is 15.1. The smallest absolute Gasteiger partial charge is 0.243 e. The van der Waals surface area contributed by atoms with Crippen molar-refractivity contribution in [1.29, 1.82) is 0 Å². The van der Waals surface area contributed by atoms with Gasteiger partial charge in [-0.1, -0.05) is 30.7 Å². The van der Waals surface area contributed by atoms with Crippen LogP contribution in [-0.2, 0) is 14.8 Å². The molecule has 3 rings (SSSR count). The fourth-order valence-electron chi connectivity index (χ4n) is 2.89. The fraction of sp³-hybridized carbons (Fsp3) is 0.316. The van der Waals surface area contributed by atoms with E-state index in [1.165, 1.54) is 31.3 Å². The van der Waals surface area contributed by atoms with Crippen molar-refractivity contribution in [2.24, 2.45) is 0 Å². The summed E-state index contributed by atoms with van der Waals surface area (Å²) in [4.78, 5) is 15.8. The van der Waals surface area contributed by atoms with Gasteiger partial charge in [0, 0.05) is 28.8 Å². The number of thioether (sulfide) groups is 1. The van der Waals surface area contributed by atoms with Gasteiger partial charge in [0.05, 0.1) is 17.1 Å². The Balaban J connectivity index is 1.81. The molecule has 1 aliphatic rings. The number of amides is 1. The van der Waals surface area contributed by atoms with Crippen LogP contribution in [0.5, 0.6) is 0 Å². The first-order valence-electron chi connectivity index (χ1n) is 8.57. The highest BCUT2D eigenvalue weighted by Gasteiger charge is 2.28. The van der Waals surface area contributed by atoms with Crippen LogP contribution in [0.4, 0.5) is 5.69 Å². The van der Waals surface area contributed by atoms with E-state index in [2.05, 4.69) is 6.92 Å². The lowest BCUT2D eigenvalue weighted by Gasteiger charge is -2.25. The lowest BCUT2D eigenvalue weighted by molar-refractivity contribution is -0.118. The Bertz CT molecular complexity index is 932. The molecule has 2 aromatic carbocycles. The van der Waals surface area contributed by atoms with Crippen LogP contribution in [0.3, 0.4) is 0 Å². The first-order chi connectivity index (χ1) is 12.8. The van der Waals surface area contributed by atoms with E-state index in [1.807, 2.05) is 24.3 Å². The second-order valence-electron chi connectivity index (χ2n) is 6.45. The van der Waals surface area contributed by atoms with Crippen LogP contribution in [0, 0.1) is 0 Å². The molecule has 0 aliphatic carbocycles. The van der Waals surface area contributed by atoms with E-state index in [4.69, 9.17) is 11.6 Å². The molecule has 1 amide bonds. The van der Waals surface area contributed by atoms with Gasteiger partial charge in [-0.2, -0.15) is 4.31 Å². The minimum absolute atomic E-state index is 0.114. The highest BCUT2D eigenvalue weighted by atomic mass is 35.5. The summed E-state index contributed by atoms with van der Waals surface area (Å²) in [6.45, 7) is 2.48.